The van der Waals surface area contributed by atoms with Gasteiger partial charge in [0, 0.05) is 19.0 Å². The number of hydrogen-bond acceptors (Lipinski definition) is 5. The van der Waals surface area contributed by atoms with Crippen LogP contribution in [-0.4, -0.2) is 52.5 Å². The van der Waals surface area contributed by atoms with Crippen LogP contribution in [0.15, 0.2) is 6.20 Å². The molecule has 1 unspecified atom stereocenters. The fourth-order valence-corrected chi connectivity index (χ4v) is 2.77. The lowest BCUT2D eigenvalue weighted by atomic mass is 10.1. The summed E-state index contributed by atoms with van der Waals surface area (Å²) in [5.74, 6) is -0.192. The second kappa shape index (κ2) is 6.21. The van der Waals surface area contributed by atoms with E-state index in [2.05, 4.69) is 26.3 Å². The maximum absolute atomic E-state index is 12.0. The molecule has 2 amide bonds. The molecule has 0 aromatic carbocycles. The summed E-state index contributed by atoms with van der Waals surface area (Å²) in [6.07, 6.45) is 5.00. The molecular weight excluding hydrogens is 272 g/mol. The van der Waals surface area contributed by atoms with Crippen molar-refractivity contribution in [2.45, 2.75) is 37.8 Å². The molecule has 8 heteroatoms. The number of nitrogens with one attached hydrogen (secondary N) is 3. The molecule has 0 radical (unpaired) electrons. The van der Waals surface area contributed by atoms with Crippen molar-refractivity contribution in [1.29, 1.82) is 0 Å². The van der Waals surface area contributed by atoms with Gasteiger partial charge in [-0.25, -0.2) is 4.68 Å². The fourth-order valence-electron chi connectivity index (χ4n) is 2.77. The molecule has 2 aliphatic rings. The molecule has 3 rings (SSSR count). The summed E-state index contributed by atoms with van der Waals surface area (Å²) in [5.41, 5.74) is 0.331. The molecule has 3 heterocycles. The van der Waals surface area contributed by atoms with Crippen LogP contribution in [0.2, 0.25) is 0 Å². The summed E-state index contributed by atoms with van der Waals surface area (Å²) >= 11 is 0. The average Bonchev–Trinajstić information content (AvgIpc) is 3.15. The molecule has 0 spiro atoms. The van der Waals surface area contributed by atoms with Crippen LogP contribution in [0.5, 0.6) is 0 Å². The van der Waals surface area contributed by atoms with E-state index in [0.29, 0.717) is 24.7 Å². The molecule has 1 aromatic heterocycles. The molecule has 0 bridgehead atoms. The van der Waals surface area contributed by atoms with Crippen LogP contribution < -0.4 is 16.0 Å². The minimum Gasteiger partial charge on any atom is -0.352 e. The van der Waals surface area contributed by atoms with Crippen molar-refractivity contribution in [1.82, 2.24) is 30.9 Å². The van der Waals surface area contributed by atoms with Gasteiger partial charge in [0.2, 0.25) is 5.91 Å². The van der Waals surface area contributed by atoms with E-state index in [4.69, 9.17) is 0 Å². The second-order valence-electron chi connectivity index (χ2n) is 5.58. The minimum atomic E-state index is -0.240. The first-order valence-electron chi connectivity index (χ1n) is 7.42. The van der Waals surface area contributed by atoms with Crippen LogP contribution in [0.3, 0.4) is 0 Å². The van der Waals surface area contributed by atoms with E-state index in [-0.39, 0.29) is 17.9 Å². The molecule has 2 fully saturated rings. The van der Waals surface area contributed by atoms with E-state index < -0.39 is 0 Å². The molecule has 0 aliphatic carbocycles. The van der Waals surface area contributed by atoms with Crippen LogP contribution in [-0.2, 0) is 4.79 Å². The first-order valence-corrected chi connectivity index (χ1v) is 7.42. The van der Waals surface area contributed by atoms with Crippen LogP contribution in [0.4, 0.5) is 0 Å². The lowest BCUT2D eigenvalue weighted by Gasteiger charge is -2.22. The predicted molar refractivity (Wildman–Crippen MR) is 74.7 cm³/mol. The molecule has 1 aromatic rings. The zero-order valence-electron chi connectivity index (χ0n) is 11.8. The molecule has 2 aliphatic heterocycles. The number of nitrogens with zero attached hydrogens (tertiary/aromatic N) is 3. The van der Waals surface area contributed by atoms with Crippen molar-refractivity contribution in [3.63, 3.8) is 0 Å². The summed E-state index contributed by atoms with van der Waals surface area (Å²) in [6.45, 7) is 2.37. The third-order valence-electron chi connectivity index (χ3n) is 4.02. The molecule has 8 nitrogen and oxygen atoms in total. The van der Waals surface area contributed by atoms with Gasteiger partial charge in [-0.3, -0.25) is 9.59 Å². The van der Waals surface area contributed by atoms with Crippen LogP contribution in [0.25, 0.3) is 0 Å². The number of carbonyl (C=O) groups excluding carboxylic acids is 2. The first-order chi connectivity index (χ1) is 10.2. The number of carbonyl (C=O) groups is 2. The highest BCUT2D eigenvalue weighted by Gasteiger charge is 2.22. The highest BCUT2D eigenvalue weighted by Crippen LogP contribution is 2.17. The third kappa shape index (κ3) is 3.38. The fraction of sp³-hybridized carbons (Fsp3) is 0.692. The number of amides is 2. The maximum Gasteiger partial charge on any atom is 0.273 e. The summed E-state index contributed by atoms with van der Waals surface area (Å²) in [7, 11) is 0. The number of rotatable bonds is 4. The van der Waals surface area contributed by atoms with Gasteiger partial charge >= 0.3 is 0 Å². The average molecular weight is 292 g/mol. The van der Waals surface area contributed by atoms with Gasteiger partial charge in [0.1, 0.15) is 0 Å². The van der Waals surface area contributed by atoms with Crippen LogP contribution in [0.1, 0.15) is 42.2 Å². The Morgan fingerprint density at radius 1 is 1.38 bits per heavy atom. The van der Waals surface area contributed by atoms with Gasteiger partial charge in [-0.05, 0) is 32.4 Å². The van der Waals surface area contributed by atoms with Crippen molar-refractivity contribution >= 4 is 11.8 Å². The first kappa shape index (κ1) is 14.0. The van der Waals surface area contributed by atoms with E-state index in [1.165, 1.54) is 0 Å². The van der Waals surface area contributed by atoms with Crippen LogP contribution in [0, 0.1) is 0 Å². The van der Waals surface area contributed by atoms with Gasteiger partial charge in [0.15, 0.2) is 5.69 Å². The van der Waals surface area contributed by atoms with E-state index in [0.717, 1.165) is 32.4 Å². The Morgan fingerprint density at radius 3 is 2.90 bits per heavy atom. The largest absolute Gasteiger partial charge is 0.352 e. The Hall–Kier alpha value is -1.96. The van der Waals surface area contributed by atoms with Gasteiger partial charge in [-0.15, -0.1) is 5.10 Å². The highest BCUT2D eigenvalue weighted by molar-refractivity contribution is 5.91. The normalized spacial score (nSPS) is 23.0. The number of piperidine rings is 1. The lowest BCUT2D eigenvalue weighted by Crippen LogP contribution is -2.38. The van der Waals surface area contributed by atoms with Crippen molar-refractivity contribution in [3.8, 4) is 0 Å². The van der Waals surface area contributed by atoms with E-state index in [1.54, 1.807) is 10.9 Å². The molecule has 1 atom stereocenters. The van der Waals surface area contributed by atoms with Crippen molar-refractivity contribution in [2.75, 3.05) is 19.6 Å². The Balaban J connectivity index is 1.52. The van der Waals surface area contributed by atoms with Gasteiger partial charge in [-0.1, -0.05) is 5.21 Å². The standard InChI is InChI=1S/C13H20N6O2/c20-12-2-1-9(16-12)7-15-13(21)11-8-19(18-17-11)10-3-5-14-6-4-10/h8-10,14H,1-7H2,(H,15,21)(H,16,20). The Kier molecular flexibility index (Phi) is 4.14. The Morgan fingerprint density at radius 2 is 2.19 bits per heavy atom. The number of aromatic nitrogens is 3. The molecule has 114 valence electrons. The molecule has 0 saturated carbocycles. The van der Waals surface area contributed by atoms with Gasteiger partial charge in [0.05, 0.1) is 12.2 Å². The van der Waals surface area contributed by atoms with Crippen molar-refractivity contribution < 1.29 is 9.59 Å². The summed E-state index contributed by atoms with van der Waals surface area (Å²) in [4.78, 5) is 23.1. The monoisotopic (exact) mass is 292 g/mol. The minimum absolute atomic E-state index is 0.0286. The van der Waals surface area contributed by atoms with Gasteiger partial charge in [0.25, 0.3) is 5.91 Å². The summed E-state index contributed by atoms with van der Waals surface area (Å²) in [5, 5.41) is 16.9. The smallest absolute Gasteiger partial charge is 0.273 e. The second-order valence-corrected chi connectivity index (χ2v) is 5.58. The Bertz CT molecular complexity index is 522. The van der Waals surface area contributed by atoms with E-state index >= 15 is 0 Å². The number of hydrogen-bond donors (Lipinski definition) is 3. The zero-order valence-corrected chi connectivity index (χ0v) is 11.8. The topological polar surface area (TPSA) is 101 Å². The third-order valence-corrected chi connectivity index (χ3v) is 4.02. The van der Waals surface area contributed by atoms with Crippen LogP contribution >= 0.6 is 0 Å². The van der Waals surface area contributed by atoms with Crippen molar-refractivity contribution in [3.05, 3.63) is 11.9 Å². The summed E-state index contributed by atoms with van der Waals surface area (Å²) < 4.78 is 1.78. The van der Waals surface area contributed by atoms with E-state index in [1.807, 2.05) is 0 Å². The highest BCUT2D eigenvalue weighted by atomic mass is 16.2. The van der Waals surface area contributed by atoms with Crippen molar-refractivity contribution in [2.24, 2.45) is 0 Å². The Labute approximate surface area is 122 Å². The molecule has 3 N–H and O–H groups in total. The lowest BCUT2D eigenvalue weighted by molar-refractivity contribution is -0.119. The SMILES string of the molecule is O=C1CCC(CNC(=O)c2cn(C3CCNCC3)nn2)N1. The van der Waals surface area contributed by atoms with Gasteiger partial charge < -0.3 is 16.0 Å². The predicted octanol–water partition coefficient (Wildman–Crippen LogP) is -0.789. The van der Waals surface area contributed by atoms with Gasteiger partial charge in [-0.2, -0.15) is 0 Å². The zero-order chi connectivity index (χ0) is 14.7. The molecular formula is C13H20N6O2. The van der Waals surface area contributed by atoms with E-state index in [9.17, 15) is 9.59 Å². The molecule has 2 saturated heterocycles. The molecule has 21 heavy (non-hydrogen) atoms. The summed E-state index contributed by atoms with van der Waals surface area (Å²) in [6, 6.07) is 0.343. The quantitative estimate of drug-likeness (QED) is 0.675. The maximum atomic E-state index is 12.0.